The van der Waals surface area contributed by atoms with Gasteiger partial charge in [-0.3, -0.25) is 4.40 Å². The first-order chi connectivity index (χ1) is 9.84. The zero-order chi connectivity index (χ0) is 13.8. The quantitative estimate of drug-likeness (QED) is 0.523. The van der Waals surface area contributed by atoms with E-state index in [1.54, 1.807) is 11.8 Å². The minimum atomic E-state index is 0.593. The topological polar surface area (TPSA) is 26.5 Å². The van der Waals surface area contributed by atoms with Gasteiger partial charge in [-0.25, -0.2) is 4.98 Å². The summed E-state index contributed by atoms with van der Waals surface area (Å²) in [5.74, 6) is 1.54. The van der Waals surface area contributed by atoms with Crippen LogP contribution in [0.4, 0.5) is 0 Å². The van der Waals surface area contributed by atoms with Crippen LogP contribution in [-0.4, -0.2) is 21.7 Å². The highest BCUT2D eigenvalue weighted by Crippen LogP contribution is 2.24. The van der Waals surface area contributed by atoms with Gasteiger partial charge in [0.05, 0.1) is 23.3 Å². The van der Waals surface area contributed by atoms with E-state index in [-0.39, 0.29) is 0 Å². The second kappa shape index (κ2) is 6.20. The van der Waals surface area contributed by atoms with E-state index in [9.17, 15) is 0 Å². The molecule has 2 heterocycles. The molecule has 0 aliphatic heterocycles. The summed E-state index contributed by atoms with van der Waals surface area (Å²) >= 11 is 7.70. The van der Waals surface area contributed by atoms with Crippen LogP contribution in [0.2, 0.25) is 5.02 Å². The van der Waals surface area contributed by atoms with Gasteiger partial charge in [0.2, 0.25) is 0 Å². The highest BCUT2D eigenvalue weighted by atomic mass is 35.5. The molecule has 0 saturated heterocycles. The van der Waals surface area contributed by atoms with E-state index in [1.165, 1.54) is 0 Å². The Labute approximate surface area is 126 Å². The molecule has 0 atom stereocenters. The van der Waals surface area contributed by atoms with Crippen LogP contribution in [0.3, 0.4) is 0 Å². The number of hydrogen-bond acceptors (Lipinski definition) is 3. The van der Waals surface area contributed by atoms with Crippen LogP contribution in [-0.2, 0) is 0 Å². The van der Waals surface area contributed by atoms with E-state index in [4.69, 9.17) is 16.3 Å². The fourth-order valence-electron chi connectivity index (χ4n) is 1.87. The molecule has 102 valence electrons. The molecule has 0 radical (unpaired) electrons. The van der Waals surface area contributed by atoms with Crippen molar-refractivity contribution in [2.24, 2.45) is 0 Å². The van der Waals surface area contributed by atoms with Crippen LogP contribution in [0.5, 0.6) is 5.75 Å². The van der Waals surface area contributed by atoms with Crippen molar-refractivity contribution in [1.82, 2.24) is 9.38 Å². The van der Waals surface area contributed by atoms with Crippen molar-refractivity contribution in [3.05, 3.63) is 59.9 Å². The molecule has 0 bridgehead atoms. The smallest absolute Gasteiger partial charge is 0.172 e. The van der Waals surface area contributed by atoms with Crippen LogP contribution in [0.15, 0.2) is 60.0 Å². The minimum Gasteiger partial charge on any atom is -0.491 e. The number of halogens is 1. The lowest BCUT2D eigenvalue weighted by Crippen LogP contribution is -2.01. The summed E-state index contributed by atoms with van der Waals surface area (Å²) in [5, 5.41) is 1.62. The Hall–Kier alpha value is -1.65. The summed E-state index contributed by atoms with van der Waals surface area (Å²) in [5.41, 5.74) is 1.10. The Morgan fingerprint density at radius 1 is 1.15 bits per heavy atom. The van der Waals surface area contributed by atoms with Gasteiger partial charge in [0.15, 0.2) is 5.16 Å². The molecular formula is C15H13ClN2OS. The van der Waals surface area contributed by atoms with Gasteiger partial charge in [-0.05, 0) is 24.3 Å². The zero-order valence-electron chi connectivity index (χ0n) is 10.7. The number of rotatable bonds is 5. The normalized spacial score (nSPS) is 10.8. The van der Waals surface area contributed by atoms with Crippen molar-refractivity contribution >= 4 is 28.9 Å². The van der Waals surface area contributed by atoms with Crippen LogP contribution in [0, 0.1) is 0 Å². The van der Waals surface area contributed by atoms with Crippen molar-refractivity contribution in [1.29, 1.82) is 0 Å². The van der Waals surface area contributed by atoms with Crippen molar-refractivity contribution < 1.29 is 4.74 Å². The molecule has 0 spiro atoms. The van der Waals surface area contributed by atoms with Crippen molar-refractivity contribution in [2.45, 2.75) is 5.16 Å². The summed E-state index contributed by atoms with van der Waals surface area (Å²) in [6, 6.07) is 13.5. The standard InChI is InChI=1S/C15H13ClN2OS/c16-13-6-1-2-7-14(13)19-9-10-20-15-17-11-12-5-3-4-8-18(12)15/h1-8,11H,9-10H2. The predicted octanol–water partition coefficient (Wildman–Crippen LogP) is 4.16. The van der Waals surface area contributed by atoms with Crippen LogP contribution in [0.25, 0.3) is 5.52 Å². The number of imidazole rings is 1. The summed E-state index contributed by atoms with van der Waals surface area (Å²) in [6.45, 7) is 0.593. The minimum absolute atomic E-state index is 0.593. The Balaban J connectivity index is 1.57. The highest BCUT2D eigenvalue weighted by Gasteiger charge is 2.04. The largest absolute Gasteiger partial charge is 0.491 e. The summed E-state index contributed by atoms with van der Waals surface area (Å²) in [6.07, 6.45) is 3.89. The van der Waals surface area contributed by atoms with Gasteiger partial charge in [0, 0.05) is 11.9 Å². The van der Waals surface area contributed by atoms with E-state index < -0.39 is 0 Å². The molecule has 0 fully saturated rings. The van der Waals surface area contributed by atoms with Crippen molar-refractivity contribution in [2.75, 3.05) is 12.4 Å². The number of aromatic nitrogens is 2. The second-order valence-electron chi connectivity index (χ2n) is 4.16. The third kappa shape index (κ3) is 2.92. The molecule has 3 rings (SSSR count). The number of hydrogen-bond donors (Lipinski definition) is 0. The Morgan fingerprint density at radius 3 is 2.90 bits per heavy atom. The number of pyridine rings is 1. The van der Waals surface area contributed by atoms with E-state index in [2.05, 4.69) is 9.38 Å². The summed E-state index contributed by atoms with van der Waals surface area (Å²) < 4.78 is 7.73. The first-order valence-electron chi connectivity index (χ1n) is 6.27. The first-order valence-corrected chi connectivity index (χ1v) is 7.63. The molecular weight excluding hydrogens is 292 g/mol. The molecule has 2 aromatic heterocycles. The number of para-hydroxylation sites is 1. The Bertz CT molecular complexity index is 714. The average Bonchev–Trinajstić information content (AvgIpc) is 2.89. The maximum Gasteiger partial charge on any atom is 0.172 e. The number of benzene rings is 1. The van der Waals surface area contributed by atoms with Crippen molar-refractivity contribution in [3.8, 4) is 5.75 Å². The summed E-state index contributed by atoms with van der Waals surface area (Å²) in [7, 11) is 0. The summed E-state index contributed by atoms with van der Waals surface area (Å²) in [4.78, 5) is 4.40. The number of ether oxygens (including phenoxy) is 1. The van der Waals surface area contributed by atoms with E-state index >= 15 is 0 Å². The van der Waals surface area contributed by atoms with Gasteiger partial charge in [-0.1, -0.05) is 41.6 Å². The van der Waals surface area contributed by atoms with Crippen LogP contribution in [0.1, 0.15) is 0 Å². The molecule has 0 aliphatic rings. The molecule has 20 heavy (non-hydrogen) atoms. The second-order valence-corrected chi connectivity index (χ2v) is 5.63. The van der Waals surface area contributed by atoms with Gasteiger partial charge >= 0.3 is 0 Å². The third-order valence-corrected chi connectivity index (χ3v) is 4.06. The van der Waals surface area contributed by atoms with Gasteiger partial charge in [0.1, 0.15) is 5.75 Å². The highest BCUT2D eigenvalue weighted by molar-refractivity contribution is 7.99. The maximum atomic E-state index is 6.03. The lowest BCUT2D eigenvalue weighted by molar-refractivity contribution is 0.344. The number of fused-ring (bicyclic) bond motifs is 1. The zero-order valence-corrected chi connectivity index (χ0v) is 12.3. The first kappa shape index (κ1) is 13.3. The van der Waals surface area contributed by atoms with Crippen LogP contribution >= 0.6 is 23.4 Å². The fourth-order valence-corrected chi connectivity index (χ4v) is 2.84. The van der Waals surface area contributed by atoms with Crippen molar-refractivity contribution in [3.63, 3.8) is 0 Å². The van der Waals surface area contributed by atoms with Gasteiger partial charge in [-0.2, -0.15) is 0 Å². The molecule has 0 saturated carbocycles. The SMILES string of the molecule is Clc1ccccc1OCCSc1ncc2ccccn12. The average molecular weight is 305 g/mol. The third-order valence-electron chi connectivity index (χ3n) is 2.81. The monoisotopic (exact) mass is 304 g/mol. The van der Waals surface area contributed by atoms with E-state index in [1.807, 2.05) is 54.9 Å². The van der Waals surface area contributed by atoms with E-state index in [0.29, 0.717) is 11.6 Å². The molecule has 0 N–H and O–H groups in total. The molecule has 5 heteroatoms. The lowest BCUT2D eigenvalue weighted by atomic mass is 10.3. The Kier molecular flexibility index (Phi) is 4.14. The molecule has 0 amide bonds. The molecule has 3 nitrogen and oxygen atoms in total. The molecule has 0 aliphatic carbocycles. The molecule has 0 unspecified atom stereocenters. The van der Waals surface area contributed by atoms with E-state index in [0.717, 1.165) is 22.2 Å². The molecule has 1 aromatic carbocycles. The maximum absolute atomic E-state index is 6.03. The molecule has 3 aromatic rings. The van der Waals surface area contributed by atoms with Gasteiger partial charge in [0.25, 0.3) is 0 Å². The fraction of sp³-hybridized carbons (Fsp3) is 0.133. The van der Waals surface area contributed by atoms with Gasteiger partial charge < -0.3 is 4.74 Å². The lowest BCUT2D eigenvalue weighted by Gasteiger charge is -2.07. The predicted molar refractivity (Wildman–Crippen MR) is 82.9 cm³/mol. The number of nitrogens with zero attached hydrogens (tertiary/aromatic N) is 2. The van der Waals surface area contributed by atoms with Crippen LogP contribution < -0.4 is 4.74 Å². The Morgan fingerprint density at radius 2 is 2.00 bits per heavy atom. The number of thioether (sulfide) groups is 1. The van der Waals surface area contributed by atoms with Gasteiger partial charge in [-0.15, -0.1) is 0 Å².